The van der Waals surface area contributed by atoms with Gasteiger partial charge >= 0.3 is 0 Å². The second kappa shape index (κ2) is 9.09. The fourth-order valence-corrected chi connectivity index (χ4v) is 4.40. The predicted octanol–water partition coefficient (Wildman–Crippen LogP) is 4.45. The first-order valence-electron chi connectivity index (χ1n) is 10.6. The molecule has 0 aliphatic carbocycles. The Bertz CT molecular complexity index is 1150. The van der Waals surface area contributed by atoms with E-state index in [-0.39, 0.29) is 17.7 Å². The molecule has 1 saturated heterocycles. The largest absolute Gasteiger partial charge is 0.497 e. The van der Waals surface area contributed by atoms with Crippen LogP contribution >= 0.6 is 11.6 Å². The van der Waals surface area contributed by atoms with Crippen molar-refractivity contribution < 1.29 is 14.3 Å². The number of hydrogen-bond acceptors (Lipinski definition) is 3. The maximum absolute atomic E-state index is 13.5. The Morgan fingerprint density at radius 1 is 1.06 bits per heavy atom. The Balaban J connectivity index is 1.76. The number of methoxy groups -OCH3 is 1. The molecule has 2 N–H and O–H groups in total. The summed E-state index contributed by atoms with van der Waals surface area (Å²) in [5, 5.41) is 0.651. The van der Waals surface area contributed by atoms with Crippen LogP contribution in [0.1, 0.15) is 28.9 Å². The van der Waals surface area contributed by atoms with E-state index >= 15 is 0 Å². The zero-order chi connectivity index (χ0) is 22.8. The summed E-state index contributed by atoms with van der Waals surface area (Å²) < 4.78 is 7.48. The lowest BCUT2D eigenvalue weighted by atomic mass is 9.96. The van der Waals surface area contributed by atoms with Gasteiger partial charge in [-0.15, -0.1) is 0 Å². The van der Waals surface area contributed by atoms with E-state index in [4.69, 9.17) is 22.1 Å². The van der Waals surface area contributed by atoms with Crippen molar-refractivity contribution in [3.8, 4) is 22.7 Å². The van der Waals surface area contributed by atoms with Gasteiger partial charge in [-0.2, -0.15) is 0 Å². The molecule has 7 heteroatoms. The topological polar surface area (TPSA) is 77.6 Å². The quantitative estimate of drug-likeness (QED) is 0.622. The first kappa shape index (κ1) is 22.0. The molecule has 6 nitrogen and oxygen atoms in total. The Hall–Kier alpha value is -3.25. The van der Waals surface area contributed by atoms with E-state index in [0.717, 1.165) is 28.4 Å². The normalized spacial score (nSPS) is 14.4. The van der Waals surface area contributed by atoms with Crippen molar-refractivity contribution in [1.82, 2.24) is 9.47 Å². The third-order valence-corrected chi connectivity index (χ3v) is 6.37. The van der Waals surface area contributed by atoms with Crippen molar-refractivity contribution in [2.45, 2.75) is 19.8 Å². The monoisotopic (exact) mass is 451 g/mol. The Morgan fingerprint density at radius 2 is 1.75 bits per heavy atom. The number of benzene rings is 2. The molecule has 2 amide bonds. The summed E-state index contributed by atoms with van der Waals surface area (Å²) in [4.78, 5) is 26.8. The van der Waals surface area contributed by atoms with Crippen LogP contribution in [0.4, 0.5) is 0 Å². The number of nitrogens with zero attached hydrogens (tertiary/aromatic N) is 2. The van der Waals surface area contributed by atoms with Crippen molar-refractivity contribution >= 4 is 23.4 Å². The SMILES string of the molecule is COc1cccc(-n2c(-c3ccc(Cl)cc3)cc(C(=O)N3CCC(C(N)=O)CC3)c2C)c1. The molecule has 4 rings (SSSR count). The van der Waals surface area contributed by atoms with Crippen LogP contribution in [0.3, 0.4) is 0 Å². The van der Waals surface area contributed by atoms with Gasteiger partial charge in [-0.3, -0.25) is 9.59 Å². The molecule has 0 unspecified atom stereocenters. The molecule has 32 heavy (non-hydrogen) atoms. The number of rotatable bonds is 5. The number of primary amides is 1. The number of aromatic nitrogens is 1. The number of likely N-dealkylation sites (tertiary alicyclic amines) is 1. The lowest BCUT2D eigenvalue weighted by Crippen LogP contribution is -2.41. The highest BCUT2D eigenvalue weighted by atomic mass is 35.5. The van der Waals surface area contributed by atoms with E-state index in [1.54, 1.807) is 7.11 Å². The van der Waals surface area contributed by atoms with Crippen molar-refractivity contribution in [1.29, 1.82) is 0 Å². The van der Waals surface area contributed by atoms with E-state index < -0.39 is 0 Å². The van der Waals surface area contributed by atoms with Gasteiger partial charge < -0.3 is 19.9 Å². The van der Waals surface area contributed by atoms with Crippen molar-refractivity contribution in [3.63, 3.8) is 0 Å². The molecule has 1 aliphatic heterocycles. The number of piperidine rings is 1. The molecule has 0 atom stereocenters. The van der Waals surface area contributed by atoms with Crippen LogP contribution < -0.4 is 10.5 Å². The van der Waals surface area contributed by atoms with Gasteiger partial charge in [0, 0.05) is 41.5 Å². The number of amides is 2. The molecule has 1 aliphatic rings. The number of nitrogens with two attached hydrogens (primary N) is 1. The van der Waals surface area contributed by atoms with Crippen molar-refractivity contribution in [2.24, 2.45) is 11.7 Å². The molecule has 0 bridgehead atoms. The van der Waals surface area contributed by atoms with Gasteiger partial charge in [-0.05, 0) is 55.7 Å². The summed E-state index contributed by atoms with van der Waals surface area (Å²) >= 11 is 6.10. The maximum atomic E-state index is 13.5. The maximum Gasteiger partial charge on any atom is 0.255 e. The molecule has 3 aromatic rings. The average Bonchev–Trinajstić information content (AvgIpc) is 3.16. The first-order valence-corrected chi connectivity index (χ1v) is 11.0. The number of halogens is 1. The van der Waals surface area contributed by atoms with Crippen LogP contribution in [0, 0.1) is 12.8 Å². The van der Waals surface area contributed by atoms with Crippen LogP contribution in [0.15, 0.2) is 54.6 Å². The summed E-state index contributed by atoms with van der Waals surface area (Å²) in [6, 6.07) is 17.2. The van der Waals surface area contributed by atoms with Crippen LogP contribution in [0.2, 0.25) is 5.02 Å². The summed E-state index contributed by atoms with van der Waals surface area (Å²) in [7, 11) is 1.63. The van der Waals surface area contributed by atoms with Crippen LogP contribution in [-0.2, 0) is 4.79 Å². The minimum absolute atomic E-state index is 0.0396. The van der Waals surface area contributed by atoms with E-state index in [9.17, 15) is 9.59 Å². The molecular weight excluding hydrogens is 426 g/mol. The first-order chi connectivity index (χ1) is 15.4. The van der Waals surface area contributed by atoms with Crippen LogP contribution in [0.5, 0.6) is 5.75 Å². The summed E-state index contributed by atoms with van der Waals surface area (Å²) in [6.07, 6.45) is 1.20. The molecule has 1 fully saturated rings. The van der Waals surface area contributed by atoms with E-state index in [2.05, 4.69) is 4.57 Å². The van der Waals surface area contributed by atoms with Crippen molar-refractivity contribution in [2.75, 3.05) is 20.2 Å². The molecule has 0 saturated carbocycles. The van der Waals surface area contributed by atoms with E-state index in [1.165, 1.54) is 0 Å². The molecule has 0 spiro atoms. The third kappa shape index (κ3) is 4.23. The van der Waals surface area contributed by atoms with Gasteiger partial charge in [-0.25, -0.2) is 0 Å². The van der Waals surface area contributed by atoms with Crippen LogP contribution in [0.25, 0.3) is 16.9 Å². The highest BCUT2D eigenvalue weighted by Gasteiger charge is 2.29. The molecule has 1 aromatic heterocycles. The molecule has 166 valence electrons. The Morgan fingerprint density at radius 3 is 2.38 bits per heavy atom. The Kier molecular flexibility index (Phi) is 6.24. The minimum Gasteiger partial charge on any atom is -0.497 e. The fourth-order valence-electron chi connectivity index (χ4n) is 4.28. The number of carbonyl (C=O) groups excluding carboxylic acids is 2. The highest BCUT2D eigenvalue weighted by Crippen LogP contribution is 2.32. The van der Waals surface area contributed by atoms with E-state index in [0.29, 0.717) is 36.5 Å². The number of ether oxygens (including phenoxy) is 1. The lowest BCUT2D eigenvalue weighted by molar-refractivity contribution is -0.123. The minimum atomic E-state index is -0.289. The van der Waals surface area contributed by atoms with Crippen molar-refractivity contribution in [3.05, 3.63) is 70.9 Å². The molecule has 2 heterocycles. The average molecular weight is 452 g/mol. The van der Waals surface area contributed by atoms with Gasteiger partial charge in [0.05, 0.1) is 18.4 Å². The summed E-state index contributed by atoms with van der Waals surface area (Å²) in [5.41, 5.74) is 9.66. The van der Waals surface area contributed by atoms with Crippen LogP contribution in [-0.4, -0.2) is 41.5 Å². The standard InChI is InChI=1S/C25H26ClN3O3/c1-16-22(25(31)28-12-10-18(11-13-28)24(27)30)15-23(17-6-8-19(26)9-7-17)29(16)20-4-3-5-21(14-20)32-2/h3-9,14-15,18H,10-13H2,1-2H3,(H2,27,30). The van der Waals surface area contributed by atoms with Gasteiger partial charge in [0.15, 0.2) is 0 Å². The zero-order valence-electron chi connectivity index (χ0n) is 18.2. The molecular formula is C25H26ClN3O3. The zero-order valence-corrected chi connectivity index (χ0v) is 18.9. The van der Waals surface area contributed by atoms with Gasteiger partial charge in [-0.1, -0.05) is 29.8 Å². The highest BCUT2D eigenvalue weighted by molar-refractivity contribution is 6.30. The predicted molar refractivity (Wildman–Crippen MR) is 125 cm³/mol. The van der Waals surface area contributed by atoms with Gasteiger partial charge in [0.2, 0.25) is 5.91 Å². The van der Waals surface area contributed by atoms with Gasteiger partial charge in [0.1, 0.15) is 5.75 Å². The third-order valence-electron chi connectivity index (χ3n) is 6.11. The number of hydrogen-bond donors (Lipinski definition) is 1. The fraction of sp³-hybridized carbons (Fsp3) is 0.280. The molecule has 2 aromatic carbocycles. The summed E-state index contributed by atoms with van der Waals surface area (Å²) in [6.45, 7) is 2.99. The summed E-state index contributed by atoms with van der Waals surface area (Å²) in [5.74, 6) is 0.245. The Labute approximate surface area is 192 Å². The second-order valence-corrected chi connectivity index (χ2v) is 8.48. The smallest absolute Gasteiger partial charge is 0.255 e. The van der Waals surface area contributed by atoms with Gasteiger partial charge in [0.25, 0.3) is 5.91 Å². The second-order valence-electron chi connectivity index (χ2n) is 8.04. The molecule has 0 radical (unpaired) electrons. The number of carbonyl (C=O) groups is 2. The lowest BCUT2D eigenvalue weighted by Gasteiger charge is -2.30. The van der Waals surface area contributed by atoms with E-state index in [1.807, 2.05) is 66.4 Å².